The molecule has 1 N–H and O–H groups in total. The Morgan fingerprint density at radius 3 is 2.00 bits per heavy atom. The van der Waals surface area contributed by atoms with Crippen molar-refractivity contribution in [3.8, 4) is 0 Å². The molecule has 108 valence electrons. The lowest BCUT2D eigenvalue weighted by molar-refractivity contribution is 0.527. The fourth-order valence-corrected chi connectivity index (χ4v) is 7.05. The maximum atomic E-state index is 13.8. The Labute approximate surface area is 118 Å². The molecule has 0 aliphatic heterocycles. The lowest BCUT2D eigenvalue weighted by Gasteiger charge is -2.41. The predicted octanol–water partition coefficient (Wildman–Crippen LogP) is 3.99. The van der Waals surface area contributed by atoms with Gasteiger partial charge in [0.1, 0.15) is 7.14 Å². The molecule has 1 aromatic rings. The molecule has 1 aromatic carbocycles. The van der Waals surface area contributed by atoms with Crippen LogP contribution < -0.4 is 10.6 Å². The molecule has 0 heterocycles. The second kappa shape index (κ2) is 5.42. The normalized spacial score (nSPS) is 13.6. The minimum absolute atomic E-state index is 0.233. The van der Waals surface area contributed by atoms with Gasteiger partial charge in [0.15, 0.2) is 0 Å². The Morgan fingerprint density at radius 1 is 1.05 bits per heavy atom. The number of nitrogens with one attached hydrogen (secondary N) is 1. The molecule has 0 saturated carbocycles. The standard InChI is InChI=1S/C16H28NOP/c1-15(2,3)19(18,16(4,5)6)14-10-8-9-13(11-14)12-17-7/h8-11,17H,12H2,1-7H3. The molecule has 0 atom stereocenters. The Morgan fingerprint density at radius 2 is 1.58 bits per heavy atom. The van der Waals surface area contributed by atoms with E-state index in [0.717, 1.165) is 11.8 Å². The van der Waals surface area contributed by atoms with Gasteiger partial charge in [-0.25, -0.2) is 0 Å². The fourth-order valence-electron chi connectivity index (χ4n) is 2.85. The van der Waals surface area contributed by atoms with Crippen LogP contribution in [0.2, 0.25) is 0 Å². The van der Waals surface area contributed by atoms with Gasteiger partial charge in [0, 0.05) is 22.2 Å². The maximum Gasteiger partial charge on any atom is 0.125 e. The average molecular weight is 281 g/mol. The van der Waals surface area contributed by atoms with E-state index >= 15 is 0 Å². The van der Waals surface area contributed by atoms with Crippen LogP contribution in [0.4, 0.5) is 0 Å². The average Bonchev–Trinajstić information content (AvgIpc) is 2.25. The lowest BCUT2D eigenvalue weighted by Crippen LogP contribution is -2.35. The molecular formula is C16H28NOP. The van der Waals surface area contributed by atoms with E-state index in [0.29, 0.717) is 0 Å². The fraction of sp³-hybridized carbons (Fsp3) is 0.625. The van der Waals surface area contributed by atoms with Gasteiger partial charge in [-0.2, -0.15) is 0 Å². The zero-order valence-electron chi connectivity index (χ0n) is 13.4. The summed E-state index contributed by atoms with van der Waals surface area (Å²) >= 11 is 0. The Bertz CT molecular complexity index is 462. The number of rotatable bonds is 3. The van der Waals surface area contributed by atoms with Crippen molar-refractivity contribution < 1.29 is 4.57 Å². The van der Waals surface area contributed by atoms with E-state index in [4.69, 9.17) is 0 Å². The smallest absolute Gasteiger partial charge is 0.125 e. The van der Waals surface area contributed by atoms with Crippen LogP contribution in [0.5, 0.6) is 0 Å². The van der Waals surface area contributed by atoms with Gasteiger partial charge in [0.25, 0.3) is 0 Å². The van der Waals surface area contributed by atoms with Gasteiger partial charge in [-0.3, -0.25) is 0 Å². The van der Waals surface area contributed by atoms with Crippen LogP contribution in [0.15, 0.2) is 24.3 Å². The van der Waals surface area contributed by atoms with E-state index in [1.807, 2.05) is 19.2 Å². The third-order valence-electron chi connectivity index (χ3n) is 3.54. The van der Waals surface area contributed by atoms with Crippen LogP contribution in [0.3, 0.4) is 0 Å². The highest BCUT2D eigenvalue weighted by molar-refractivity contribution is 7.74. The molecule has 0 unspecified atom stereocenters. The highest BCUT2D eigenvalue weighted by Crippen LogP contribution is 2.65. The maximum absolute atomic E-state index is 13.8. The predicted molar refractivity (Wildman–Crippen MR) is 86.0 cm³/mol. The lowest BCUT2D eigenvalue weighted by atomic mass is 10.2. The molecule has 3 heteroatoms. The van der Waals surface area contributed by atoms with Crippen molar-refractivity contribution in [2.75, 3.05) is 7.05 Å². The molecule has 0 aliphatic rings. The first kappa shape index (κ1) is 16.5. The van der Waals surface area contributed by atoms with E-state index in [2.05, 4.69) is 59.0 Å². The molecule has 19 heavy (non-hydrogen) atoms. The number of hydrogen-bond donors (Lipinski definition) is 1. The number of benzene rings is 1. The van der Waals surface area contributed by atoms with Gasteiger partial charge in [-0.1, -0.05) is 59.7 Å². The van der Waals surface area contributed by atoms with Crippen LogP contribution in [0.25, 0.3) is 0 Å². The van der Waals surface area contributed by atoms with Crippen molar-refractivity contribution in [3.63, 3.8) is 0 Å². The molecule has 0 aromatic heterocycles. The Kier molecular flexibility index (Phi) is 4.70. The summed E-state index contributed by atoms with van der Waals surface area (Å²) in [6.07, 6.45) is 0. The molecule has 0 aliphatic carbocycles. The minimum Gasteiger partial charge on any atom is -0.318 e. The van der Waals surface area contributed by atoms with Gasteiger partial charge in [-0.15, -0.1) is 0 Å². The van der Waals surface area contributed by atoms with E-state index in [1.165, 1.54) is 5.56 Å². The first-order chi connectivity index (χ1) is 8.54. The van der Waals surface area contributed by atoms with Crippen molar-refractivity contribution >= 4 is 12.4 Å². The van der Waals surface area contributed by atoms with Crippen molar-refractivity contribution in [2.24, 2.45) is 0 Å². The summed E-state index contributed by atoms with van der Waals surface area (Å²) < 4.78 is 13.8. The zero-order chi connectivity index (χ0) is 14.9. The number of hydrogen-bond acceptors (Lipinski definition) is 2. The second-order valence-electron chi connectivity index (χ2n) is 7.15. The molecule has 2 nitrogen and oxygen atoms in total. The SMILES string of the molecule is CNCc1cccc(P(=O)(C(C)(C)C)C(C)(C)C)c1. The third-order valence-corrected chi connectivity index (χ3v) is 8.33. The van der Waals surface area contributed by atoms with Gasteiger partial charge < -0.3 is 9.88 Å². The highest BCUT2D eigenvalue weighted by Gasteiger charge is 2.47. The molecule has 0 amide bonds. The molecule has 1 rings (SSSR count). The quantitative estimate of drug-likeness (QED) is 0.849. The van der Waals surface area contributed by atoms with E-state index in [1.54, 1.807) is 0 Å². The van der Waals surface area contributed by atoms with Gasteiger partial charge in [0.05, 0.1) is 0 Å². The van der Waals surface area contributed by atoms with Gasteiger partial charge >= 0.3 is 0 Å². The zero-order valence-corrected chi connectivity index (χ0v) is 14.3. The van der Waals surface area contributed by atoms with Crippen LogP contribution >= 0.6 is 7.14 Å². The molecular weight excluding hydrogens is 253 g/mol. The van der Waals surface area contributed by atoms with Crippen molar-refractivity contribution in [1.82, 2.24) is 5.32 Å². The summed E-state index contributed by atoms with van der Waals surface area (Å²) in [5.41, 5.74) is 1.19. The molecule has 0 spiro atoms. The topological polar surface area (TPSA) is 29.1 Å². The van der Waals surface area contributed by atoms with Gasteiger partial charge in [0.2, 0.25) is 0 Å². The molecule has 0 bridgehead atoms. The van der Waals surface area contributed by atoms with Crippen LogP contribution in [-0.4, -0.2) is 17.4 Å². The first-order valence-corrected chi connectivity index (χ1v) is 8.59. The summed E-state index contributed by atoms with van der Waals surface area (Å²) in [7, 11) is -0.587. The summed E-state index contributed by atoms with van der Waals surface area (Å²) in [6.45, 7) is 13.3. The Hall–Kier alpha value is -0.590. The largest absolute Gasteiger partial charge is 0.318 e. The van der Waals surface area contributed by atoms with Crippen molar-refractivity contribution in [1.29, 1.82) is 0 Å². The third kappa shape index (κ3) is 3.12. The van der Waals surface area contributed by atoms with Crippen LogP contribution in [0.1, 0.15) is 47.1 Å². The van der Waals surface area contributed by atoms with E-state index in [9.17, 15) is 4.57 Å². The summed E-state index contributed by atoms with van der Waals surface area (Å²) in [5, 5.41) is 3.69. The van der Waals surface area contributed by atoms with Crippen LogP contribution in [-0.2, 0) is 11.1 Å². The minimum atomic E-state index is -2.52. The van der Waals surface area contributed by atoms with E-state index < -0.39 is 7.14 Å². The van der Waals surface area contributed by atoms with Crippen LogP contribution in [0, 0.1) is 0 Å². The van der Waals surface area contributed by atoms with Crippen molar-refractivity contribution in [2.45, 2.75) is 58.4 Å². The van der Waals surface area contributed by atoms with Gasteiger partial charge in [-0.05, 0) is 18.7 Å². The first-order valence-electron chi connectivity index (χ1n) is 6.88. The Balaban J connectivity index is 3.44. The van der Waals surface area contributed by atoms with Crippen molar-refractivity contribution in [3.05, 3.63) is 29.8 Å². The molecule has 0 fully saturated rings. The highest BCUT2D eigenvalue weighted by atomic mass is 31.2. The molecule has 0 saturated heterocycles. The molecule has 0 radical (unpaired) electrons. The summed E-state index contributed by atoms with van der Waals surface area (Å²) in [4.78, 5) is 0. The monoisotopic (exact) mass is 281 g/mol. The summed E-state index contributed by atoms with van der Waals surface area (Å²) in [5.74, 6) is 0. The van der Waals surface area contributed by atoms with E-state index in [-0.39, 0.29) is 10.3 Å². The second-order valence-corrected chi connectivity index (χ2v) is 11.6. The summed E-state index contributed by atoms with van der Waals surface area (Å²) in [6, 6.07) is 8.23.